The highest BCUT2D eigenvalue weighted by atomic mass is 35.5. The Balaban J connectivity index is 1.47. The minimum Gasteiger partial charge on any atom is -0.438 e. The number of benzene rings is 2. The summed E-state index contributed by atoms with van der Waals surface area (Å²) in [6, 6.07) is 15.0. The van der Waals surface area contributed by atoms with Gasteiger partial charge in [-0.3, -0.25) is 5.32 Å². The lowest BCUT2D eigenvalue weighted by Crippen LogP contribution is -2.34. The van der Waals surface area contributed by atoms with Crippen molar-refractivity contribution in [2.45, 2.75) is 19.1 Å². The average molecular weight is 342 g/mol. The van der Waals surface area contributed by atoms with E-state index in [1.807, 2.05) is 18.2 Å². The Morgan fingerprint density at radius 3 is 3.00 bits per heavy atom. The van der Waals surface area contributed by atoms with Crippen molar-refractivity contribution >= 4 is 34.9 Å². The molecule has 0 saturated carbocycles. The maximum absolute atomic E-state index is 12.1. The molecule has 2 aliphatic rings. The molecule has 0 bridgehead atoms. The molecular weight excluding hydrogens is 326 g/mol. The summed E-state index contributed by atoms with van der Waals surface area (Å²) >= 11 is 5.92. The number of hydrogen-bond acceptors (Lipinski definition) is 4. The van der Waals surface area contributed by atoms with Crippen molar-refractivity contribution in [2.75, 3.05) is 11.9 Å². The van der Waals surface area contributed by atoms with E-state index in [0.29, 0.717) is 10.7 Å². The second kappa shape index (κ2) is 6.17. The van der Waals surface area contributed by atoms with E-state index in [1.54, 1.807) is 24.3 Å². The van der Waals surface area contributed by atoms with Gasteiger partial charge in [0.1, 0.15) is 5.84 Å². The fraction of sp³-hybridized carbons (Fsp3) is 0.222. The number of nitrogens with zero attached hydrogens (tertiary/aromatic N) is 2. The molecule has 24 heavy (non-hydrogen) atoms. The summed E-state index contributed by atoms with van der Waals surface area (Å²) in [5.41, 5.74) is 2.76. The van der Waals surface area contributed by atoms with Crippen LogP contribution >= 0.6 is 11.6 Å². The first-order valence-electron chi connectivity index (χ1n) is 7.84. The summed E-state index contributed by atoms with van der Waals surface area (Å²) in [6.45, 7) is 1.65. The van der Waals surface area contributed by atoms with Crippen molar-refractivity contribution in [1.82, 2.24) is 4.90 Å². The third kappa shape index (κ3) is 2.95. The van der Waals surface area contributed by atoms with Crippen molar-refractivity contribution < 1.29 is 9.53 Å². The predicted molar refractivity (Wildman–Crippen MR) is 93.9 cm³/mol. The molecule has 0 spiro atoms. The first kappa shape index (κ1) is 15.0. The van der Waals surface area contributed by atoms with Crippen LogP contribution in [0.5, 0.6) is 0 Å². The highest BCUT2D eigenvalue weighted by Gasteiger charge is 2.35. The number of hydrogen-bond donors (Lipinski definition) is 1. The van der Waals surface area contributed by atoms with Gasteiger partial charge < -0.3 is 9.64 Å². The van der Waals surface area contributed by atoms with Gasteiger partial charge in [-0.15, -0.1) is 0 Å². The zero-order valence-electron chi connectivity index (χ0n) is 12.9. The van der Waals surface area contributed by atoms with Crippen LogP contribution in [0, 0.1) is 0 Å². The third-order valence-corrected chi connectivity index (χ3v) is 4.42. The lowest BCUT2D eigenvalue weighted by molar-refractivity contribution is 0.143. The maximum atomic E-state index is 12.1. The number of anilines is 1. The number of fused-ring (bicyclic) bond motifs is 2. The Hall–Kier alpha value is -2.53. The predicted octanol–water partition coefficient (Wildman–Crippen LogP) is 4.21. The van der Waals surface area contributed by atoms with Gasteiger partial charge in [0.25, 0.3) is 0 Å². The Bertz CT molecular complexity index is 821. The first-order chi connectivity index (χ1) is 11.7. The van der Waals surface area contributed by atoms with Gasteiger partial charge in [-0.2, -0.15) is 0 Å². The lowest BCUT2D eigenvalue weighted by atomic mass is 10.1. The fourth-order valence-electron chi connectivity index (χ4n) is 3.06. The van der Waals surface area contributed by atoms with E-state index >= 15 is 0 Å². The second-order valence-electron chi connectivity index (χ2n) is 5.84. The molecule has 1 N–H and O–H groups in total. The Labute approximate surface area is 144 Å². The van der Waals surface area contributed by atoms with Gasteiger partial charge in [0, 0.05) is 30.2 Å². The molecule has 4 rings (SSSR count). The Kier molecular flexibility index (Phi) is 3.86. The molecule has 2 aromatic carbocycles. The van der Waals surface area contributed by atoms with Gasteiger partial charge in [-0.05, 0) is 29.8 Å². The molecule has 2 heterocycles. The highest BCUT2D eigenvalue weighted by molar-refractivity contribution is 6.30. The van der Waals surface area contributed by atoms with Crippen molar-refractivity contribution in [1.29, 1.82) is 0 Å². The molecule has 0 aromatic heterocycles. The maximum Gasteiger partial charge on any atom is 0.412 e. The molecule has 122 valence electrons. The number of carbonyl (C=O) groups is 1. The molecule has 0 unspecified atom stereocenters. The minimum absolute atomic E-state index is 0.322. The van der Waals surface area contributed by atoms with Crippen LogP contribution in [-0.2, 0) is 11.3 Å². The van der Waals surface area contributed by atoms with Gasteiger partial charge >= 0.3 is 6.09 Å². The smallest absolute Gasteiger partial charge is 0.412 e. The van der Waals surface area contributed by atoms with Crippen LogP contribution in [0.3, 0.4) is 0 Å². The van der Waals surface area contributed by atoms with Gasteiger partial charge in [0.05, 0.1) is 5.69 Å². The summed E-state index contributed by atoms with van der Waals surface area (Å²) < 4.78 is 5.57. The normalized spacial score (nSPS) is 18.5. The summed E-state index contributed by atoms with van der Waals surface area (Å²) in [4.78, 5) is 19.0. The van der Waals surface area contributed by atoms with Crippen molar-refractivity contribution in [2.24, 2.45) is 4.99 Å². The molecule has 2 aromatic rings. The zero-order valence-corrected chi connectivity index (χ0v) is 13.7. The van der Waals surface area contributed by atoms with Crippen LogP contribution in [0.25, 0.3) is 0 Å². The van der Waals surface area contributed by atoms with E-state index in [9.17, 15) is 4.79 Å². The van der Waals surface area contributed by atoms with Gasteiger partial charge in [-0.1, -0.05) is 35.9 Å². The topological polar surface area (TPSA) is 53.9 Å². The quantitative estimate of drug-likeness (QED) is 0.890. The number of rotatable bonds is 2. The van der Waals surface area contributed by atoms with E-state index < -0.39 is 6.09 Å². The number of amides is 1. The SMILES string of the molecule is O=C(Nc1cccc(Cl)c1)O[C@@H]1CCN2Cc3ccccc3N=C12. The number of nitrogens with one attached hydrogen (secondary N) is 1. The second-order valence-corrected chi connectivity index (χ2v) is 6.27. The van der Waals surface area contributed by atoms with E-state index in [-0.39, 0.29) is 6.10 Å². The molecule has 0 aliphatic carbocycles. The molecule has 5 nitrogen and oxygen atoms in total. The van der Waals surface area contributed by atoms with E-state index in [4.69, 9.17) is 16.3 Å². The van der Waals surface area contributed by atoms with Crippen LogP contribution < -0.4 is 5.32 Å². The minimum atomic E-state index is -0.495. The highest BCUT2D eigenvalue weighted by Crippen LogP contribution is 2.31. The van der Waals surface area contributed by atoms with Gasteiger partial charge in [-0.25, -0.2) is 9.79 Å². The van der Waals surface area contributed by atoms with Crippen LogP contribution in [0.15, 0.2) is 53.5 Å². The van der Waals surface area contributed by atoms with Gasteiger partial charge in [0.2, 0.25) is 0 Å². The molecule has 1 saturated heterocycles. The van der Waals surface area contributed by atoms with E-state index in [0.717, 1.165) is 31.0 Å². The van der Waals surface area contributed by atoms with Crippen molar-refractivity contribution in [3.63, 3.8) is 0 Å². The molecule has 2 aliphatic heterocycles. The van der Waals surface area contributed by atoms with E-state index in [1.165, 1.54) is 5.56 Å². The zero-order chi connectivity index (χ0) is 16.5. The molecule has 0 radical (unpaired) electrons. The summed E-state index contributed by atoms with van der Waals surface area (Å²) in [5, 5.41) is 3.27. The monoisotopic (exact) mass is 341 g/mol. The average Bonchev–Trinajstić information content (AvgIpc) is 2.94. The van der Waals surface area contributed by atoms with Crippen LogP contribution in [0.1, 0.15) is 12.0 Å². The van der Waals surface area contributed by atoms with Crippen LogP contribution in [0.4, 0.5) is 16.2 Å². The Morgan fingerprint density at radius 1 is 1.25 bits per heavy atom. The lowest BCUT2D eigenvalue weighted by Gasteiger charge is -2.26. The van der Waals surface area contributed by atoms with Crippen LogP contribution in [-0.4, -0.2) is 29.5 Å². The Morgan fingerprint density at radius 2 is 2.12 bits per heavy atom. The fourth-order valence-corrected chi connectivity index (χ4v) is 3.25. The number of amidine groups is 1. The standard InChI is InChI=1S/C18H16ClN3O2/c19-13-5-3-6-14(10-13)20-18(23)24-16-8-9-22-11-12-4-1-2-7-15(12)21-17(16)22/h1-7,10,16H,8-9,11H2,(H,20,23)/t16-/m1/s1. The molecule has 1 amide bonds. The number of ether oxygens (including phenoxy) is 1. The summed E-state index contributed by atoms with van der Waals surface area (Å²) in [7, 11) is 0. The van der Waals surface area contributed by atoms with E-state index in [2.05, 4.69) is 21.3 Å². The van der Waals surface area contributed by atoms with Crippen molar-refractivity contribution in [3.05, 3.63) is 59.1 Å². The number of para-hydroxylation sites is 1. The van der Waals surface area contributed by atoms with Gasteiger partial charge in [0.15, 0.2) is 6.10 Å². The number of halogens is 1. The number of aliphatic imine (C=N–C) groups is 1. The largest absolute Gasteiger partial charge is 0.438 e. The molecular formula is C18H16ClN3O2. The first-order valence-corrected chi connectivity index (χ1v) is 8.21. The van der Waals surface area contributed by atoms with Crippen molar-refractivity contribution in [3.8, 4) is 0 Å². The molecule has 6 heteroatoms. The molecule has 1 fully saturated rings. The van der Waals surface area contributed by atoms with Crippen LogP contribution in [0.2, 0.25) is 5.02 Å². The third-order valence-electron chi connectivity index (χ3n) is 4.18. The number of carbonyl (C=O) groups excluding carboxylic acids is 1. The summed E-state index contributed by atoms with van der Waals surface area (Å²) in [5.74, 6) is 0.829. The summed E-state index contributed by atoms with van der Waals surface area (Å²) in [6.07, 6.45) is -0.0706. The molecule has 1 atom stereocenters.